The number of alkyl halides is 3. The van der Waals surface area contributed by atoms with E-state index in [1.807, 2.05) is 5.43 Å². The zero-order valence-electron chi connectivity index (χ0n) is 11.9. The highest BCUT2D eigenvalue weighted by atomic mass is 35.5. The van der Waals surface area contributed by atoms with E-state index in [9.17, 15) is 22.8 Å². The van der Waals surface area contributed by atoms with Crippen molar-refractivity contribution in [2.45, 2.75) is 13.1 Å². The largest absolute Gasteiger partial charge is 0.459 e. The van der Waals surface area contributed by atoms with Crippen LogP contribution in [0.5, 0.6) is 0 Å². The number of esters is 1. The van der Waals surface area contributed by atoms with Crippen molar-refractivity contribution in [3.63, 3.8) is 0 Å². The van der Waals surface area contributed by atoms with Gasteiger partial charge in [0.25, 0.3) is 0 Å². The van der Waals surface area contributed by atoms with E-state index in [1.54, 1.807) is 0 Å². The number of ether oxygens (including phenoxy) is 2. The van der Waals surface area contributed by atoms with Gasteiger partial charge < -0.3 is 9.47 Å². The number of pyridine rings is 1. The number of amides is 1. The van der Waals surface area contributed by atoms with Crippen LogP contribution in [0, 0.1) is 0 Å². The van der Waals surface area contributed by atoms with E-state index >= 15 is 0 Å². The number of carbonyl (C=O) groups excluding carboxylic acids is 2. The number of hydrazone groups is 1. The van der Waals surface area contributed by atoms with Gasteiger partial charge in [0, 0.05) is 18.7 Å². The predicted molar refractivity (Wildman–Crippen MR) is 73.0 cm³/mol. The average molecular weight is 354 g/mol. The van der Waals surface area contributed by atoms with E-state index in [1.165, 1.54) is 0 Å². The van der Waals surface area contributed by atoms with Gasteiger partial charge in [-0.15, -0.1) is 0 Å². The first-order valence-electron chi connectivity index (χ1n) is 5.92. The maximum Gasteiger partial charge on any atom is 0.427 e. The Morgan fingerprint density at radius 3 is 2.61 bits per heavy atom. The summed E-state index contributed by atoms with van der Waals surface area (Å²) in [4.78, 5) is 25.3. The number of carbonyl (C=O) groups is 2. The second kappa shape index (κ2) is 7.77. The lowest BCUT2D eigenvalue weighted by molar-refractivity contribution is -0.139. The summed E-state index contributed by atoms with van der Waals surface area (Å²) in [5.74, 6) is -0.686. The molecule has 0 fully saturated rings. The molecule has 0 bridgehead atoms. The first-order valence-corrected chi connectivity index (χ1v) is 6.30. The number of halogens is 4. The molecule has 1 amide bonds. The molecule has 1 rings (SSSR count). The summed E-state index contributed by atoms with van der Waals surface area (Å²) in [6, 6.07) is 0.677. The zero-order chi connectivity index (χ0) is 17.6. The molecule has 0 aliphatic carbocycles. The first kappa shape index (κ1) is 18.7. The number of hydrogen-bond acceptors (Lipinski definition) is 6. The maximum atomic E-state index is 12.8. The number of nitrogens with one attached hydrogen (secondary N) is 1. The normalized spacial score (nSPS) is 11.8. The molecule has 23 heavy (non-hydrogen) atoms. The Kier molecular flexibility index (Phi) is 6.31. The van der Waals surface area contributed by atoms with Crippen molar-refractivity contribution in [3.8, 4) is 0 Å². The standard InChI is InChI=1S/C12H11ClF3N3O4/c1-6(20)23-5-9(18-19-11(21)22-2)7-3-8(12(14,15)16)10(13)17-4-7/h3-4H,5H2,1-2H3,(H,19,21)/b18-9+. The van der Waals surface area contributed by atoms with Crippen LogP contribution in [0.1, 0.15) is 18.1 Å². The molecule has 1 aromatic heterocycles. The number of methoxy groups -OCH3 is 1. The summed E-state index contributed by atoms with van der Waals surface area (Å²) in [5, 5.41) is 2.81. The molecule has 11 heteroatoms. The van der Waals surface area contributed by atoms with Crippen LogP contribution in [0.4, 0.5) is 18.0 Å². The summed E-state index contributed by atoms with van der Waals surface area (Å²) >= 11 is 5.42. The van der Waals surface area contributed by atoms with E-state index < -0.39 is 35.6 Å². The second-order valence-electron chi connectivity index (χ2n) is 4.00. The Morgan fingerprint density at radius 1 is 1.43 bits per heavy atom. The lowest BCUT2D eigenvalue weighted by Crippen LogP contribution is -2.23. The molecule has 126 valence electrons. The van der Waals surface area contributed by atoms with E-state index in [-0.39, 0.29) is 11.3 Å². The Labute approximate surface area is 133 Å². The molecule has 1 aromatic rings. The highest BCUT2D eigenvalue weighted by Crippen LogP contribution is 2.34. The Morgan fingerprint density at radius 2 is 2.09 bits per heavy atom. The van der Waals surface area contributed by atoms with Crippen LogP contribution in [0.25, 0.3) is 0 Å². The van der Waals surface area contributed by atoms with Crippen LogP contribution in [-0.4, -0.2) is 36.5 Å². The van der Waals surface area contributed by atoms with Gasteiger partial charge in [0.1, 0.15) is 17.5 Å². The number of nitrogens with zero attached hydrogens (tertiary/aromatic N) is 2. The van der Waals surface area contributed by atoms with Crippen LogP contribution in [0.15, 0.2) is 17.4 Å². The van der Waals surface area contributed by atoms with Gasteiger partial charge in [0.2, 0.25) is 0 Å². The second-order valence-corrected chi connectivity index (χ2v) is 4.36. The van der Waals surface area contributed by atoms with Gasteiger partial charge in [0.05, 0.1) is 12.7 Å². The quantitative estimate of drug-likeness (QED) is 0.388. The molecule has 1 heterocycles. The Bertz CT molecular complexity index is 634. The van der Waals surface area contributed by atoms with Crippen LogP contribution in [-0.2, 0) is 20.4 Å². The van der Waals surface area contributed by atoms with E-state index in [0.29, 0.717) is 6.07 Å². The summed E-state index contributed by atoms with van der Waals surface area (Å²) in [5.41, 5.74) is 0.412. The number of hydrogen-bond donors (Lipinski definition) is 1. The molecule has 0 saturated carbocycles. The molecule has 0 aliphatic rings. The van der Waals surface area contributed by atoms with Crippen molar-refractivity contribution in [1.29, 1.82) is 0 Å². The number of aromatic nitrogens is 1. The Balaban J connectivity index is 3.20. The molecule has 7 nitrogen and oxygen atoms in total. The van der Waals surface area contributed by atoms with Crippen molar-refractivity contribution in [1.82, 2.24) is 10.4 Å². The summed E-state index contributed by atoms with van der Waals surface area (Å²) in [6.07, 6.45) is -4.69. The predicted octanol–water partition coefficient (Wildman–Crippen LogP) is 2.38. The minimum Gasteiger partial charge on any atom is -0.459 e. The third kappa shape index (κ3) is 5.74. The van der Waals surface area contributed by atoms with Gasteiger partial charge in [-0.3, -0.25) is 4.79 Å². The van der Waals surface area contributed by atoms with Gasteiger partial charge in [-0.2, -0.15) is 18.3 Å². The topological polar surface area (TPSA) is 89.9 Å². The van der Waals surface area contributed by atoms with Crippen LogP contribution < -0.4 is 5.43 Å². The lowest BCUT2D eigenvalue weighted by Gasteiger charge is -2.12. The van der Waals surface area contributed by atoms with Gasteiger partial charge in [0.15, 0.2) is 0 Å². The van der Waals surface area contributed by atoms with Gasteiger partial charge in [-0.25, -0.2) is 15.2 Å². The molecule has 0 saturated heterocycles. The zero-order valence-corrected chi connectivity index (χ0v) is 12.7. The van der Waals surface area contributed by atoms with Gasteiger partial charge >= 0.3 is 18.2 Å². The third-order valence-electron chi connectivity index (χ3n) is 2.36. The summed E-state index contributed by atoms with van der Waals surface area (Å²) < 4.78 is 47.5. The average Bonchev–Trinajstić information content (AvgIpc) is 2.46. The summed E-state index contributed by atoms with van der Waals surface area (Å²) in [6.45, 7) is 0.618. The van der Waals surface area contributed by atoms with E-state index in [2.05, 4.69) is 19.6 Å². The van der Waals surface area contributed by atoms with Crippen molar-refractivity contribution in [2.24, 2.45) is 5.10 Å². The third-order valence-corrected chi connectivity index (χ3v) is 2.66. The first-order chi connectivity index (χ1) is 10.6. The van der Waals surface area contributed by atoms with E-state index in [0.717, 1.165) is 20.2 Å². The monoisotopic (exact) mass is 353 g/mol. The van der Waals surface area contributed by atoms with Crippen molar-refractivity contribution >= 4 is 29.4 Å². The van der Waals surface area contributed by atoms with Crippen LogP contribution in [0.3, 0.4) is 0 Å². The van der Waals surface area contributed by atoms with Crippen molar-refractivity contribution in [3.05, 3.63) is 28.5 Å². The van der Waals surface area contributed by atoms with Gasteiger partial charge in [-0.05, 0) is 6.07 Å². The smallest absolute Gasteiger partial charge is 0.427 e. The fourth-order valence-electron chi connectivity index (χ4n) is 1.31. The fourth-order valence-corrected chi connectivity index (χ4v) is 1.52. The number of rotatable bonds is 4. The minimum atomic E-state index is -4.73. The molecule has 0 atom stereocenters. The van der Waals surface area contributed by atoms with Crippen LogP contribution in [0.2, 0.25) is 5.15 Å². The highest BCUT2D eigenvalue weighted by molar-refractivity contribution is 6.30. The van der Waals surface area contributed by atoms with E-state index in [4.69, 9.17) is 11.6 Å². The fraction of sp³-hybridized carbons (Fsp3) is 0.333. The van der Waals surface area contributed by atoms with Gasteiger partial charge in [-0.1, -0.05) is 11.6 Å². The van der Waals surface area contributed by atoms with Crippen molar-refractivity contribution < 1.29 is 32.2 Å². The molecule has 0 radical (unpaired) electrons. The molecule has 0 unspecified atom stereocenters. The highest BCUT2D eigenvalue weighted by Gasteiger charge is 2.34. The minimum absolute atomic E-state index is 0.139. The Hall–Kier alpha value is -2.36. The SMILES string of the molecule is COC(=O)N/N=C(\COC(C)=O)c1cnc(Cl)c(C(F)(F)F)c1. The molecule has 0 aliphatic heterocycles. The molecular weight excluding hydrogens is 343 g/mol. The molecule has 0 spiro atoms. The maximum absolute atomic E-state index is 12.8. The van der Waals surface area contributed by atoms with Crippen molar-refractivity contribution in [2.75, 3.05) is 13.7 Å². The summed E-state index contributed by atoms with van der Waals surface area (Å²) in [7, 11) is 1.07. The van der Waals surface area contributed by atoms with Crippen LogP contribution >= 0.6 is 11.6 Å². The molecule has 1 N–H and O–H groups in total. The molecular formula is C12H11ClF3N3O4. The molecule has 0 aromatic carbocycles. The lowest BCUT2D eigenvalue weighted by atomic mass is 10.1.